The molecule has 3 heterocycles. The molecular weight excluding hydrogens is 396 g/mol. The molecule has 9 heteroatoms. The van der Waals surface area contributed by atoms with Crippen LogP contribution in [0.15, 0.2) is 35.3 Å². The minimum absolute atomic E-state index is 0.0479. The number of carbonyl (C=O) groups excluding carboxylic acids is 2. The highest BCUT2D eigenvalue weighted by molar-refractivity contribution is 5.98. The van der Waals surface area contributed by atoms with Crippen LogP contribution in [0.3, 0.4) is 0 Å². The molecule has 1 aromatic carbocycles. The van der Waals surface area contributed by atoms with Gasteiger partial charge >= 0.3 is 0 Å². The van der Waals surface area contributed by atoms with Crippen LogP contribution in [0.1, 0.15) is 52.6 Å². The van der Waals surface area contributed by atoms with E-state index in [0.29, 0.717) is 31.6 Å². The Morgan fingerprint density at radius 3 is 2.74 bits per heavy atom. The van der Waals surface area contributed by atoms with Crippen molar-refractivity contribution in [2.45, 2.75) is 38.6 Å². The van der Waals surface area contributed by atoms with E-state index < -0.39 is 0 Å². The predicted molar refractivity (Wildman–Crippen MR) is 113 cm³/mol. The monoisotopic (exact) mass is 420 g/mol. The van der Waals surface area contributed by atoms with E-state index >= 15 is 0 Å². The lowest BCUT2D eigenvalue weighted by Gasteiger charge is -2.31. The molecule has 0 spiro atoms. The molecule has 31 heavy (non-hydrogen) atoms. The van der Waals surface area contributed by atoms with Gasteiger partial charge in [-0.15, -0.1) is 5.10 Å². The number of benzene rings is 1. The fourth-order valence-electron chi connectivity index (χ4n) is 4.68. The number of H-pyrrole nitrogens is 1. The zero-order chi connectivity index (χ0) is 21.5. The Kier molecular flexibility index (Phi) is 4.80. The Labute approximate surface area is 178 Å². The van der Waals surface area contributed by atoms with Gasteiger partial charge in [-0.25, -0.2) is 4.52 Å². The smallest absolute Gasteiger partial charge is 0.276 e. The largest absolute Gasteiger partial charge is 0.349 e. The third-order valence-electron chi connectivity index (χ3n) is 6.34. The van der Waals surface area contributed by atoms with Gasteiger partial charge in [0, 0.05) is 24.7 Å². The van der Waals surface area contributed by atoms with E-state index in [9.17, 15) is 14.4 Å². The van der Waals surface area contributed by atoms with Gasteiger partial charge in [-0.3, -0.25) is 14.4 Å². The van der Waals surface area contributed by atoms with Gasteiger partial charge in [0.25, 0.3) is 11.5 Å². The molecule has 0 saturated carbocycles. The van der Waals surface area contributed by atoms with Crippen LogP contribution < -0.4 is 10.9 Å². The third kappa shape index (κ3) is 3.49. The van der Waals surface area contributed by atoms with Gasteiger partial charge in [0.1, 0.15) is 0 Å². The van der Waals surface area contributed by atoms with Crippen LogP contribution in [0.25, 0.3) is 5.52 Å². The molecule has 1 fully saturated rings. The topological polar surface area (TPSA) is 112 Å². The van der Waals surface area contributed by atoms with Crippen molar-refractivity contribution in [3.63, 3.8) is 0 Å². The van der Waals surface area contributed by atoms with E-state index in [0.717, 1.165) is 12.8 Å². The first kappa shape index (κ1) is 19.5. The van der Waals surface area contributed by atoms with Gasteiger partial charge in [-0.05, 0) is 43.7 Å². The molecule has 2 aromatic heterocycles. The highest BCUT2D eigenvalue weighted by atomic mass is 16.2. The van der Waals surface area contributed by atoms with Gasteiger partial charge in [0.15, 0.2) is 11.2 Å². The average molecular weight is 420 g/mol. The lowest BCUT2D eigenvalue weighted by molar-refractivity contribution is -0.127. The number of hydrogen-bond donors (Lipinski definition) is 2. The summed E-state index contributed by atoms with van der Waals surface area (Å²) in [6, 6.07) is 8.31. The number of fused-ring (bicyclic) bond motifs is 2. The molecule has 1 saturated heterocycles. The molecule has 2 aliphatic rings. The number of nitrogens with one attached hydrogen (secondary N) is 2. The molecule has 1 aliphatic carbocycles. The number of aromatic nitrogens is 4. The Bertz CT molecular complexity index is 1220. The van der Waals surface area contributed by atoms with Gasteiger partial charge in [0.05, 0.1) is 12.2 Å². The summed E-state index contributed by atoms with van der Waals surface area (Å²) >= 11 is 0. The summed E-state index contributed by atoms with van der Waals surface area (Å²) in [6.07, 6.45) is 4.70. The number of carbonyl (C=O) groups is 2. The quantitative estimate of drug-likeness (QED) is 0.665. The fourth-order valence-corrected chi connectivity index (χ4v) is 4.68. The molecule has 2 amide bonds. The van der Waals surface area contributed by atoms with Crippen molar-refractivity contribution in [1.29, 1.82) is 0 Å². The number of aromatic amines is 1. The number of nitrogens with zero attached hydrogens (tertiary/aromatic N) is 4. The summed E-state index contributed by atoms with van der Waals surface area (Å²) < 4.78 is 1.33. The molecule has 5 rings (SSSR count). The maximum absolute atomic E-state index is 13.0. The Morgan fingerprint density at radius 2 is 1.94 bits per heavy atom. The number of aryl methyl sites for hydroxylation is 2. The van der Waals surface area contributed by atoms with E-state index in [1.54, 1.807) is 18.0 Å². The Balaban J connectivity index is 1.23. The minimum atomic E-state index is -0.389. The highest BCUT2D eigenvalue weighted by Gasteiger charge is 2.32. The van der Waals surface area contributed by atoms with Crippen molar-refractivity contribution in [2.24, 2.45) is 5.92 Å². The van der Waals surface area contributed by atoms with Crippen molar-refractivity contribution in [3.8, 4) is 0 Å². The standard InChI is InChI=1S/C22H24N6O3/c1-13-12-28-19(21(30)23-13)18(25-26-28)22(31)27-10-8-15(9-11-27)20(29)24-17-7-6-14-4-2-3-5-16(14)17/h2-5,12,15,17H,6-11H2,1H3,(H,23,30)(H,24,29). The number of likely N-dealkylation sites (tertiary alicyclic amines) is 1. The van der Waals surface area contributed by atoms with Crippen LogP contribution in [-0.4, -0.2) is 49.6 Å². The lowest BCUT2D eigenvalue weighted by Crippen LogP contribution is -2.43. The van der Waals surface area contributed by atoms with Gasteiger partial charge in [-0.1, -0.05) is 29.5 Å². The Hall–Kier alpha value is -3.49. The van der Waals surface area contributed by atoms with Crippen LogP contribution >= 0.6 is 0 Å². The van der Waals surface area contributed by atoms with E-state index in [4.69, 9.17) is 0 Å². The van der Waals surface area contributed by atoms with Gasteiger partial charge in [-0.2, -0.15) is 0 Å². The molecule has 9 nitrogen and oxygen atoms in total. The van der Waals surface area contributed by atoms with Crippen LogP contribution in [0.2, 0.25) is 0 Å². The van der Waals surface area contributed by atoms with Crippen molar-refractivity contribution in [1.82, 2.24) is 30.0 Å². The summed E-state index contributed by atoms with van der Waals surface area (Å²) in [5.74, 6) is -0.400. The second-order valence-corrected chi connectivity index (χ2v) is 8.36. The molecule has 0 bridgehead atoms. The molecule has 0 radical (unpaired) electrons. The van der Waals surface area contributed by atoms with E-state index in [2.05, 4.69) is 32.7 Å². The summed E-state index contributed by atoms with van der Waals surface area (Å²) in [7, 11) is 0. The maximum atomic E-state index is 13.0. The lowest BCUT2D eigenvalue weighted by atomic mass is 9.95. The van der Waals surface area contributed by atoms with Crippen molar-refractivity contribution >= 4 is 17.3 Å². The summed E-state index contributed by atoms with van der Waals surface area (Å²) in [4.78, 5) is 42.4. The number of rotatable bonds is 3. The number of amides is 2. The SMILES string of the molecule is Cc1cn2nnc(C(=O)N3CCC(C(=O)NC4CCc5ccccc54)CC3)c2c(=O)[nH]1. The van der Waals surface area contributed by atoms with Crippen LogP contribution in [0.5, 0.6) is 0 Å². The predicted octanol–water partition coefficient (Wildman–Crippen LogP) is 1.38. The maximum Gasteiger partial charge on any atom is 0.276 e. The summed E-state index contributed by atoms with van der Waals surface area (Å²) in [5.41, 5.74) is 2.96. The van der Waals surface area contributed by atoms with Crippen molar-refractivity contribution in [2.75, 3.05) is 13.1 Å². The second kappa shape index (κ2) is 7.64. The normalized spacial score (nSPS) is 18.9. The molecule has 3 aromatic rings. The van der Waals surface area contributed by atoms with Gasteiger partial charge < -0.3 is 15.2 Å². The van der Waals surface area contributed by atoms with E-state index in [-0.39, 0.29) is 40.5 Å². The first-order valence-corrected chi connectivity index (χ1v) is 10.6. The summed E-state index contributed by atoms with van der Waals surface area (Å²) in [5, 5.41) is 11.0. The molecular formula is C22H24N6O3. The van der Waals surface area contributed by atoms with E-state index in [1.807, 2.05) is 12.1 Å². The Morgan fingerprint density at radius 1 is 1.16 bits per heavy atom. The first-order chi connectivity index (χ1) is 15.0. The summed E-state index contributed by atoms with van der Waals surface area (Å²) in [6.45, 7) is 2.63. The fraction of sp³-hybridized carbons (Fsp3) is 0.409. The molecule has 1 aliphatic heterocycles. The van der Waals surface area contributed by atoms with Crippen LogP contribution in [-0.2, 0) is 11.2 Å². The zero-order valence-electron chi connectivity index (χ0n) is 17.3. The van der Waals surface area contributed by atoms with Crippen LogP contribution in [0, 0.1) is 12.8 Å². The first-order valence-electron chi connectivity index (χ1n) is 10.6. The average Bonchev–Trinajstić information content (AvgIpc) is 3.38. The molecule has 1 atom stereocenters. The highest BCUT2D eigenvalue weighted by Crippen LogP contribution is 2.31. The number of piperidine rings is 1. The van der Waals surface area contributed by atoms with Gasteiger partial charge in [0.2, 0.25) is 5.91 Å². The van der Waals surface area contributed by atoms with Crippen molar-refractivity contribution < 1.29 is 9.59 Å². The molecule has 1 unspecified atom stereocenters. The van der Waals surface area contributed by atoms with Crippen molar-refractivity contribution in [3.05, 3.63) is 63.3 Å². The molecule has 2 N–H and O–H groups in total. The molecule has 160 valence electrons. The second-order valence-electron chi connectivity index (χ2n) is 8.36. The zero-order valence-corrected chi connectivity index (χ0v) is 17.3. The minimum Gasteiger partial charge on any atom is -0.349 e. The number of hydrogen-bond acceptors (Lipinski definition) is 5. The van der Waals surface area contributed by atoms with Crippen LogP contribution in [0.4, 0.5) is 0 Å². The third-order valence-corrected chi connectivity index (χ3v) is 6.34. The van der Waals surface area contributed by atoms with E-state index in [1.165, 1.54) is 15.6 Å².